The van der Waals surface area contributed by atoms with Crippen LogP contribution in [0.4, 0.5) is 10.1 Å². The lowest BCUT2D eigenvalue weighted by Crippen LogP contribution is -2.36. The van der Waals surface area contributed by atoms with Gasteiger partial charge in [-0.15, -0.1) is 0 Å². The molecule has 2 aromatic carbocycles. The minimum Gasteiger partial charge on any atom is -0.372 e. The first-order valence-electron chi connectivity index (χ1n) is 9.58. The molecule has 2 aromatic rings. The molecule has 1 amide bonds. The van der Waals surface area contributed by atoms with Crippen molar-refractivity contribution in [1.29, 1.82) is 0 Å². The molecule has 3 rings (SSSR count). The average molecular weight is 369 g/mol. The second-order valence-electron chi connectivity index (χ2n) is 7.35. The summed E-state index contributed by atoms with van der Waals surface area (Å²) in [4.78, 5) is 17.0. The molecule has 144 valence electrons. The monoisotopic (exact) mass is 369 g/mol. The lowest BCUT2D eigenvalue weighted by atomic mass is 10.0. The molecule has 0 saturated carbocycles. The Morgan fingerprint density at radius 2 is 1.67 bits per heavy atom. The van der Waals surface area contributed by atoms with E-state index in [0.29, 0.717) is 6.54 Å². The summed E-state index contributed by atoms with van der Waals surface area (Å²) in [5.41, 5.74) is 3.10. The molecule has 1 unspecified atom stereocenters. The number of nitrogens with one attached hydrogen (secondary N) is 1. The van der Waals surface area contributed by atoms with Crippen molar-refractivity contribution < 1.29 is 9.18 Å². The summed E-state index contributed by atoms with van der Waals surface area (Å²) in [6, 6.07) is 14.1. The van der Waals surface area contributed by atoms with Gasteiger partial charge in [0.1, 0.15) is 11.9 Å². The Labute approximate surface area is 161 Å². The standard InChI is InChI=1S/C22H28FN3O/c1-25(2)21(18-8-10-19(23)11-9-18)22(27)24-16-17-6-12-20(13-7-17)26-14-4-3-5-15-26/h6-13,21H,3-5,14-16H2,1-2H3,(H,24,27). The first-order valence-corrected chi connectivity index (χ1v) is 9.58. The number of carbonyl (C=O) groups is 1. The third-order valence-corrected chi connectivity index (χ3v) is 5.07. The zero-order valence-electron chi connectivity index (χ0n) is 16.1. The average Bonchev–Trinajstić information content (AvgIpc) is 2.69. The Kier molecular flexibility index (Phi) is 6.45. The maximum atomic E-state index is 13.2. The van der Waals surface area contributed by atoms with Crippen LogP contribution < -0.4 is 10.2 Å². The molecule has 1 atom stereocenters. The van der Waals surface area contributed by atoms with Crippen LogP contribution in [0, 0.1) is 5.82 Å². The van der Waals surface area contributed by atoms with Crippen molar-refractivity contribution in [3.8, 4) is 0 Å². The Hall–Kier alpha value is -2.40. The van der Waals surface area contributed by atoms with Crippen LogP contribution in [0.5, 0.6) is 0 Å². The van der Waals surface area contributed by atoms with Crippen molar-refractivity contribution in [2.75, 3.05) is 32.1 Å². The van der Waals surface area contributed by atoms with Gasteiger partial charge in [0.2, 0.25) is 5.91 Å². The molecule has 1 aliphatic heterocycles. The molecule has 1 saturated heterocycles. The summed E-state index contributed by atoms with van der Waals surface area (Å²) in [5.74, 6) is -0.392. The molecule has 1 heterocycles. The second-order valence-corrected chi connectivity index (χ2v) is 7.35. The van der Waals surface area contributed by atoms with Gasteiger partial charge >= 0.3 is 0 Å². The summed E-state index contributed by atoms with van der Waals surface area (Å²) < 4.78 is 13.2. The third kappa shape index (κ3) is 5.07. The smallest absolute Gasteiger partial charge is 0.242 e. The predicted octanol–water partition coefficient (Wildman–Crippen LogP) is 3.74. The third-order valence-electron chi connectivity index (χ3n) is 5.07. The normalized spacial score (nSPS) is 15.6. The number of hydrogen-bond acceptors (Lipinski definition) is 3. The SMILES string of the molecule is CN(C)C(C(=O)NCc1ccc(N2CCCCC2)cc1)c1ccc(F)cc1. The fraction of sp³-hybridized carbons (Fsp3) is 0.409. The number of likely N-dealkylation sites (N-methyl/N-ethyl adjacent to an activating group) is 1. The summed E-state index contributed by atoms with van der Waals surface area (Å²) in [7, 11) is 3.70. The van der Waals surface area contributed by atoms with E-state index in [9.17, 15) is 9.18 Å². The Morgan fingerprint density at radius 1 is 1.04 bits per heavy atom. The van der Waals surface area contributed by atoms with Gasteiger partial charge in [0.05, 0.1) is 0 Å². The molecule has 0 aliphatic carbocycles. The minimum atomic E-state index is -0.446. The Balaban J connectivity index is 1.60. The van der Waals surface area contributed by atoms with Gasteiger partial charge in [-0.25, -0.2) is 4.39 Å². The lowest BCUT2D eigenvalue weighted by Gasteiger charge is -2.29. The molecule has 5 heteroatoms. The van der Waals surface area contributed by atoms with Crippen LogP contribution in [-0.4, -0.2) is 38.0 Å². The summed E-state index contributed by atoms with van der Waals surface area (Å²) in [5, 5.41) is 3.00. The van der Waals surface area contributed by atoms with E-state index in [1.807, 2.05) is 19.0 Å². The van der Waals surface area contributed by atoms with Gasteiger partial charge in [-0.1, -0.05) is 24.3 Å². The van der Waals surface area contributed by atoms with Gasteiger partial charge in [0.25, 0.3) is 0 Å². The van der Waals surface area contributed by atoms with Gasteiger partial charge < -0.3 is 10.2 Å². The number of piperidine rings is 1. The maximum Gasteiger partial charge on any atom is 0.242 e. The number of rotatable bonds is 6. The molecule has 0 bridgehead atoms. The van der Waals surface area contributed by atoms with Crippen LogP contribution in [0.2, 0.25) is 0 Å². The topological polar surface area (TPSA) is 35.6 Å². The predicted molar refractivity (Wildman–Crippen MR) is 107 cm³/mol. The highest BCUT2D eigenvalue weighted by molar-refractivity contribution is 5.83. The number of amides is 1. The van der Waals surface area contributed by atoms with Gasteiger partial charge in [-0.3, -0.25) is 9.69 Å². The molecule has 1 aliphatic rings. The molecule has 4 nitrogen and oxygen atoms in total. The van der Waals surface area contributed by atoms with Crippen LogP contribution in [0.1, 0.15) is 36.4 Å². The summed E-state index contributed by atoms with van der Waals surface area (Å²) >= 11 is 0. The second kappa shape index (κ2) is 9.00. The maximum absolute atomic E-state index is 13.2. The molecular formula is C22H28FN3O. The highest BCUT2D eigenvalue weighted by Gasteiger charge is 2.22. The fourth-order valence-corrected chi connectivity index (χ4v) is 3.59. The van der Waals surface area contributed by atoms with Crippen molar-refractivity contribution in [1.82, 2.24) is 10.2 Å². The molecule has 1 fully saturated rings. The molecule has 0 aromatic heterocycles. The minimum absolute atomic E-state index is 0.0910. The van der Waals surface area contributed by atoms with Crippen LogP contribution in [0.25, 0.3) is 0 Å². The van der Waals surface area contributed by atoms with Crippen LogP contribution in [-0.2, 0) is 11.3 Å². The van der Waals surface area contributed by atoms with E-state index in [2.05, 4.69) is 34.5 Å². The van der Waals surface area contributed by atoms with Crippen molar-refractivity contribution in [3.63, 3.8) is 0 Å². The van der Waals surface area contributed by atoms with Crippen molar-refractivity contribution >= 4 is 11.6 Å². The molecule has 27 heavy (non-hydrogen) atoms. The first-order chi connectivity index (χ1) is 13.0. The quantitative estimate of drug-likeness (QED) is 0.843. The van der Waals surface area contributed by atoms with Crippen molar-refractivity contribution in [3.05, 3.63) is 65.5 Å². The summed E-state index contributed by atoms with van der Waals surface area (Å²) in [6.07, 6.45) is 3.84. The van der Waals surface area contributed by atoms with Gasteiger partial charge in [0.15, 0.2) is 0 Å². The first kappa shape index (κ1) is 19.4. The van der Waals surface area contributed by atoms with Gasteiger partial charge in [0, 0.05) is 25.3 Å². The molecule has 0 radical (unpaired) electrons. The fourth-order valence-electron chi connectivity index (χ4n) is 3.59. The van der Waals surface area contributed by atoms with Crippen LogP contribution in [0.3, 0.4) is 0 Å². The Bertz CT molecular complexity index is 737. The number of halogens is 1. The molecular weight excluding hydrogens is 341 g/mol. The van der Waals surface area contributed by atoms with Crippen molar-refractivity contribution in [2.45, 2.75) is 31.8 Å². The van der Waals surface area contributed by atoms with E-state index in [4.69, 9.17) is 0 Å². The van der Waals surface area contributed by atoms with Crippen molar-refractivity contribution in [2.24, 2.45) is 0 Å². The number of anilines is 1. The highest BCUT2D eigenvalue weighted by Crippen LogP contribution is 2.21. The summed E-state index contributed by atoms with van der Waals surface area (Å²) in [6.45, 7) is 2.72. The van der Waals surface area contributed by atoms with Crippen LogP contribution >= 0.6 is 0 Å². The van der Waals surface area contributed by atoms with E-state index in [0.717, 1.165) is 24.2 Å². The number of hydrogen-bond donors (Lipinski definition) is 1. The van der Waals surface area contributed by atoms with E-state index < -0.39 is 6.04 Å². The number of nitrogens with zero attached hydrogens (tertiary/aromatic N) is 2. The largest absolute Gasteiger partial charge is 0.372 e. The zero-order valence-corrected chi connectivity index (χ0v) is 16.1. The molecule has 0 spiro atoms. The van der Waals surface area contributed by atoms with Gasteiger partial charge in [-0.2, -0.15) is 0 Å². The lowest BCUT2D eigenvalue weighted by molar-refractivity contribution is -0.125. The zero-order chi connectivity index (χ0) is 19.2. The highest BCUT2D eigenvalue weighted by atomic mass is 19.1. The molecule has 1 N–H and O–H groups in total. The van der Waals surface area contributed by atoms with Crippen LogP contribution in [0.15, 0.2) is 48.5 Å². The number of carbonyl (C=O) groups excluding carboxylic acids is 1. The number of benzene rings is 2. The van der Waals surface area contributed by atoms with E-state index >= 15 is 0 Å². The van der Waals surface area contributed by atoms with E-state index in [-0.39, 0.29) is 11.7 Å². The van der Waals surface area contributed by atoms with E-state index in [1.54, 1.807) is 12.1 Å². The van der Waals surface area contributed by atoms with Gasteiger partial charge in [-0.05, 0) is 68.8 Å². The Morgan fingerprint density at radius 3 is 2.26 bits per heavy atom. The van der Waals surface area contributed by atoms with E-state index in [1.165, 1.54) is 37.1 Å².